The molecule has 0 aromatic heterocycles. The fraction of sp³-hybridized carbons (Fsp3) is 0.263. The normalized spacial score (nSPS) is 11.6. The van der Waals surface area contributed by atoms with Gasteiger partial charge in [-0.1, -0.05) is 31.2 Å². The van der Waals surface area contributed by atoms with Gasteiger partial charge in [-0.2, -0.15) is 0 Å². The number of benzene rings is 2. The van der Waals surface area contributed by atoms with E-state index in [9.17, 15) is 9.59 Å². The summed E-state index contributed by atoms with van der Waals surface area (Å²) in [7, 11) is 0. The summed E-state index contributed by atoms with van der Waals surface area (Å²) in [4.78, 5) is 24.5. The lowest BCUT2D eigenvalue weighted by molar-refractivity contribution is 0.0939. The lowest BCUT2D eigenvalue weighted by Crippen LogP contribution is -2.32. The molecule has 2 aromatic carbocycles. The molecule has 23 heavy (non-hydrogen) atoms. The lowest BCUT2D eigenvalue weighted by Gasteiger charge is -2.12. The molecule has 4 heteroatoms. The van der Waals surface area contributed by atoms with E-state index in [4.69, 9.17) is 0 Å². The van der Waals surface area contributed by atoms with Crippen LogP contribution in [-0.4, -0.2) is 17.9 Å². The summed E-state index contributed by atoms with van der Waals surface area (Å²) in [6.45, 7) is 5.90. The Kier molecular flexibility index (Phi) is 5.52. The van der Waals surface area contributed by atoms with Crippen molar-refractivity contribution in [3.8, 4) is 0 Å². The number of hydrogen-bond donors (Lipinski definition) is 2. The van der Waals surface area contributed by atoms with Crippen LogP contribution < -0.4 is 10.6 Å². The Morgan fingerprint density at radius 1 is 1.00 bits per heavy atom. The van der Waals surface area contributed by atoms with Crippen LogP contribution in [0.3, 0.4) is 0 Å². The Balaban J connectivity index is 2.14. The minimum absolute atomic E-state index is 0.104. The Morgan fingerprint density at radius 3 is 2.30 bits per heavy atom. The standard InChI is InChI=1S/C19H22N2O2/c1-4-14(3)20-18(22)15-9-7-10-16(12-15)19(23)21-17-11-6-5-8-13(17)2/h5-12,14H,4H2,1-3H3,(H,20,22)(H,21,23). The third-order valence-corrected chi connectivity index (χ3v) is 3.77. The number of hydrogen-bond acceptors (Lipinski definition) is 2. The second-order valence-corrected chi connectivity index (χ2v) is 5.63. The average Bonchev–Trinajstić information content (AvgIpc) is 2.56. The number of aryl methyl sites for hydroxylation is 1. The van der Waals surface area contributed by atoms with Crippen molar-refractivity contribution in [2.75, 3.05) is 5.32 Å². The van der Waals surface area contributed by atoms with E-state index < -0.39 is 0 Å². The van der Waals surface area contributed by atoms with Crippen LogP contribution in [0.2, 0.25) is 0 Å². The molecule has 120 valence electrons. The zero-order valence-corrected chi connectivity index (χ0v) is 13.7. The monoisotopic (exact) mass is 310 g/mol. The number of anilines is 1. The van der Waals surface area contributed by atoms with E-state index in [-0.39, 0.29) is 17.9 Å². The van der Waals surface area contributed by atoms with Crippen LogP contribution >= 0.6 is 0 Å². The number of carbonyl (C=O) groups is 2. The Bertz CT molecular complexity index is 710. The van der Waals surface area contributed by atoms with Crippen molar-refractivity contribution in [3.63, 3.8) is 0 Å². The zero-order chi connectivity index (χ0) is 16.8. The molecular weight excluding hydrogens is 288 g/mol. The van der Waals surface area contributed by atoms with Gasteiger partial charge in [-0.05, 0) is 50.1 Å². The highest BCUT2D eigenvalue weighted by atomic mass is 16.2. The summed E-state index contributed by atoms with van der Waals surface area (Å²) in [5, 5.41) is 5.77. The van der Waals surface area contributed by atoms with Gasteiger partial charge < -0.3 is 10.6 Å². The highest BCUT2D eigenvalue weighted by Gasteiger charge is 2.12. The number of nitrogens with one attached hydrogen (secondary N) is 2. The molecule has 2 amide bonds. The Labute approximate surface area is 136 Å². The first-order valence-corrected chi connectivity index (χ1v) is 7.79. The maximum absolute atomic E-state index is 12.4. The van der Waals surface area contributed by atoms with Gasteiger partial charge in [-0.15, -0.1) is 0 Å². The van der Waals surface area contributed by atoms with Gasteiger partial charge >= 0.3 is 0 Å². The molecule has 1 atom stereocenters. The predicted molar refractivity (Wildman–Crippen MR) is 92.8 cm³/mol. The van der Waals surface area contributed by atoms with Gasteiger partial charge in [0.05, 0.1) is 0 Å². The number of rotatable bonds is 5. The Morgan fingerprint density at radius 2 is 1.65 bits per heavy atom. The van der Waals surface area contributed by atoms with Crippen molar-refractivity contribution in [1.29, 1.82) is 0 Å². The fourth-order valence-electron chi connectivity index (χ4n) is 2.12. The molecule has 2 N–H and O–H groups in total. The summed E-state index contributed by atoms with van der Waals surface area (Å²) < 4.78 is 0. The first kappa shape index (κ1) is 16.7. The van der Waals surface area contributed by atoms with Crippen LogP contribution in [0.5, 0.6) is 0 Å². The van der Waals surface area contributed by atoms with Gasteiger partial charge in [0.2, 0.25) is 0 Å². The van der Waals surface area contributed by atoms with Crippen LogP contribution in [0.4, 0.5) is 5.69 Å². The van der Waals surface area contributed by atoms with Crippen molar-refractivity contribution in [2.24, 2.45) is 0 Å². The first-order chi connectivity index (χ1) is 11.0. The highest BCUT2D eigenvalue weighted by Crippen LogP contribution is 2.15. The molecule has 2 aromatic rings. The number of amides is 2. The molecule has 0 saturated heterocycles. The molecule has 0 aliphatic rings. The van der Waals surface area contributed by atoms with Gasteiger partial charge in [-0.3, -0.25) is 9.59 Å². The summed E-state index contributed by atoms with van der Waals surface area (Å²) in [5.41, 5.74) is 2.71. The summed E-state index contributed by atoms with van der Waals surface area (Å²) in [6, 6.07) is 14.4. The van der Waals surface area contributed by atoms with E-state index in [0.29, 0.717) is 11.1 Å². The second-order valence-electron chi connectivity index (χ2n) is 5.63. The van der Waals surface area contributed by atoms with Crippen LogP contribution in [0.15, 0.2) is 48.5 Å². The predicted octanol–water partition coefficient (Wildman–Crippen LogP) is 3.78. The third-order valence-electron chi connectivity index (χ3n) is 3.77. The fourth-order valence-corrected chi connectivity index (χ4v) is 2.12. The van der Waals surface area contributed by atoms with E-state index in [2.05, 4.69) is 10.6 Å². The number of para-hydroxylation sites is 1. The van der Waals surface area contributed by atoms with Crippen molar-refractivity contribution in [1.82, 2.24) is 5.32 Å². The molecule has 0 radical (unpaired) electrons. The quantitative estimate of drug-likeness (QED) is 0.883. The van der Waals surface area contributed by atoms with E-state index in [1.165, 1.54) is 0 Å². The van der Waals surface area contributed by atoms with Crippen LogP contribution in [0.1, 0.15) is 46.5 Å². The van der Waals surface area contributed by atoms with Gasteiger partial charge in [-0.25, -0.2) is 0 Å². The van der Waals surface area contributed by atoms with E-state index >= 15 is 0 Å². The molecule has 0 fully saturated rings. The molecule has 0 heterocycles. The zero-order valence-electron chi connectivity index (χ0n) is 13.7. The molecule has 0 aliphatic heterocycles. The molecule has 0 spiro atoms. The van der Waals surface area contributed by atoms with Gasteiger partial charge in [0.25, 0.3) is 11.8 Å². The van der Waals surface area contributed by atoms with E-state index in [1.54, 1.807) is 24.3 Å². The molecule has 2 rings (SSSR count). The SMILES string of the molecule is CCC(C)NC(=O)c1cccc(C(=O)Nc2ccccc2C)c1. The minimum Gasteiger partial charge on any atom is -0.350 e. The smallest absolute Gasteiger partial charge is 0.255 e. The van der Waals surface area contributed by atoms with Gasteiger partial charge in [0, 0.05) is 22.9 Å². The first-order valence-electron chi connectivity index (χ1n) is 7.79. The highest BCUT2D eigenvalue weighted by molar-refractivity contribution is 6.06. The lowest BCUT2D eigenvalue weighted by atomic mass is 10.1. The molecule has 0 bridgehead atoms. The summed E-state index contributed by atoms with van der Waals surface area (Å²) >= 11 is 0. The van der Waals surface area contributed by atoms with Gasteiger partial charge in [0.1, 0.15) is 0 Å². The topological polar surface area (TPSA) is 58.2 Å². The third kappa shape index (κ3) is 4.42. The van der Waals surface area contributed by atoms with Crippen molar-refractivity contribution >= 4 is 17.5 Å². The molecule has 0 saturated carbocycles. The van der Waals surface area contributed by atoms with Crippen LogP contribution in [0.25, 0.3) is 0 Å². The average molecular weight is 310 g/mol. The van der Waals surface area contributed by atoms with Crippen molar-refractivity contribution in [2.45, 2.75) is 33.2 Å². The maximum atomic E-state index is 12.4. The molecular formula is C19H22N2O2. The largest absolute Gasteiger partial charge is 0.350 e. The van der Waals surface area contributed by atoms with Crippen LogP contribution in [0, 0.1) is 6.92 Å². The molecule has 4 nitrogen and oxygen atoms in total. The minimum atomic E-state index is -0.225. The number of carbonyl (C=O) groups excluding carboxylic acids is 2. The van der Waals surface area contributed by atoms with Crippen molar-refractivity contribution in [3.05, 3.63) is 65.2 Å². The van der Waals surface area contributed by atoms with Gasteiger partial charge in [0.15, 0.2) is 0 Å². The second kappa shape index (κ2) is 7.58. The van der Waals surface area contributed by atoms with Crippen LogP contribution in [-0.2, 0) is 0 Å². The summed E-state index contributed by atoms with van der Waals surface area (Å²) in [6.07, 6.45) is 0.860. The molecule has 0 aliphatic carbocycles. The van der Waals surface area contributed by atoms with Crippen molar-refractivity contribution < 1.29 is 9.59 Å². The van der Waals surface area contributed by atoms with E-state index in [0.717, 1.165) is 17.7 Å². The Hall–Kier alpha value is -2.62. The molecule has 1 unspecified atom stereocenters. The van der Waals surface area contributed by atoms with E-state index in [1.807, 2.05) is 45.0 Å². The maximum Gasteiger partial charge on any atom is 0.255 e. The summed E-state index contributed by atoms with van der Waals surface area (Å²) in [5.74, 6) is -0.387.